The maximum absolute atomic E-state index is 12.3. The zero-order chi connectivity index (χ0) is 32.1. The van der Waals surface area contributed by atoms with Gasteiger partial charge in [-0.05, 0) is 18.2 Å². The van der Waals surface area contributed by atoms with Gasteiger partial charge in [0.1, 0.15) is 12.7 Å². The molecule has 0 bridgehead atoms. The number of esters is 4. The summed E-state index contributed by atoms with van der Waals surface area (Å²) in [7, 11) is 0. The van der Waals surface area contributed by atoms with Gasteiger partial charge < -0.3 is 28.8 Å². The van der Waals surface area contributed by atoms with Gasteiger partial charge in [-0.1, -0.05) is 18.2 Å². The van der Waals surface area contributed by atoms with Crippen LogP contribution in [0.15, 0.2) is 58.8 Å². The molecule has 1 aromatic heterocycles. The number of aromatic nitrogens is 1. The number of benzene rings is 2. The van der Waals surface area contributed by atoms with Gasteiger partial charge in [-0.2, -0.15) is 5.11 Å². The number of ether oxygens (including phenoxy) is 5. The molecular formula is C28H28N4O12. The third-order valence-electron chi connectivity index (χ3n) is 6.41. The highest BCUT2D eigenvalue weighted by molar-refractivity contribution is 5.95. The summed E-state index contributed by atoms with van der Waals surface area (Å²) in [5, 5.41) is 31.1. The Morgan fingerprint density at radius 2 is 1.45 bits per heavy atom. The maximum atomic E-state index is 12.3. The standard InChI is InChI=1S/C28H28N4O12/c1-14(33)40-13-22-24(41-15(2)34)25(42-16(3)35)26(43-17(4)36)28(44-22)31-21-8-6-5-7-20(21)23(27(31)37)30-29-18-9-11-19(12-10-18)32(38)39/h5-12,22,24-26,28,37H,13H2,1-4H3/t22-,24+,25-,26-,28+/m0/s1. The first kappa shape index (κ1) is 31.6. The molecule has 3 aromatic rings. The van der Waals surface area contributed by atoms with E-state index in [9.17, 15) is 34.4 Å². The molecule has 0 aliphatic carbocycles. The molecule has 16 nitrogen and oxygen atoms in total. The fraction of sp³-hybridized carbons (Fsp3) is 0.357. The number of fused-ring (bicyclic) bond motifs is 1. The van der Waals surface area contributed by atoms with Crippen LogP contribution in [0.5, 0.6) is 5.88 Å². The van der Waals surface area contributed by atoms with Gasteiger partial charge in [0, 0.05) is 45.2 Å². The van der Waals surface area contributed by atoms with Gasteiger partial charge in [0.05, 0.1) is 16.1 Å². The molecule has 1 N–H and O–H groups in total. The number of nitro benzene ring substituents is 1. The Hall–Kier alpha value is -5.38. The number of para-hydroxylation sites is 1. The quantitative estimate of drug-likeness (QED) is 0.120. The van der Waals surface area contributed by atoms with Gasteiger partial charge in [-0.25, -0.2) is 0 Å². The van der Waals surface area contributed by atoms with E-state index < -0.39 is 71.9 Å². The van der Waals surface area contributed by atoms with E-state index in [0.29, 0.717) is 10.9 Å². The third kappa shape index (κ3) is 6.97. The van der Waals surface area contributed by atoms with E-state index in [1.165, 1.54) is 28.8 Å². The van der Waals surface area contributed by atoms with E-state index in [1.54, 1.807) is 24.3 Å². The summed E-state index contributed by atoms with van der Waals surface area (Å²) >= 11 is 0. The number of nitro groups is 1. The molecule has 0 spiro atoms. The van der Waals surface area contributed by atoms with Crippen LogP contribution in [0, 0.1) is 10.1 Å². The molecule has 0 unspecified atom stereocenters. The first-order valence-corrected chi connectivity index (χ1v) is 13.2. The summed E-state index contributed by atoms with van der Waals surface area (Å²) in [6, 6.07) is 11.8. The van der Waals surface area contributed by atoms with Crippen molar-refractivity contribution in [1.82, 2.24) is 4.57 Å². The van der Waals surface area contributed by atoms with Crippen molar-refractivity contribution < 1.29 is 52.9 Å². The van der Waals surface area contributed by atoms with Gasteiger partial charge in [-0.3, -0.25) is 33.9 Å². The molecule has 1 saturated heterocycles. The minimum Gasteiger partial charge on any atom is -0.493 e. The number of carbonyl (C=O) groups excluding carboxylic acids is 4. The predicted molar refractivity (Wildman–Crippen MR) is 148 cm³/mol. The molecule has 4 rings (SSSR count). The minimum atomic E-state index is -1.49. The number of hydrogen-bond donors (Lipinski definition) is 1. The largest absolute Gasteiger partial charge is 0.493 e. The van der Waals surface area contributed by atoms with Crippen molar-refractivity contribution in [2.24, 2.45) is 10.2 Å². The summed E-state index contributed by atoms with van der Waals surface area (Å²) in [5.41, 5.74) is 0.390. The van der Waals surface area contributed by atoms with Gasteiger partial charge >= 0.3 is 23.9 Å². The molecule has 5 atom stereocenters. The molecule has 1 aliphatic rings. The third-order valence-corrected chi connectivity index (χ3v) is 6.41. The van der Waals surface area contributed by atoms with Crippen LogP contribution in [0.3, 0.4) is 0 Å². The summed E-state index contributed by atoms with van der Waals surface area (Å²) in [4.78, 5) is 58.6. The maximum Gasteiger partial charge on any atom is 0.303 e. The van der Waals surface area contributed by atoms with Crippen LogP contribution in [0.25, 0.3) is 10.9 Å². The van der Waals surface area contributed by atoms with Crippen molar-refractivity contribution in [3.05, 3.63) is 58.6 Å². The Morgan fingerprint density at radius 1 is 0.864 bits per heavy atom. The molecule has 232 valence electrons. The molecule has 2 aromatic carbocycles. The first-order chi connectivity index (χ1) is 20.9. The Bertz CT molecular complexity index is 1620. The second kappa shape index (κ2) is 13.3. The highest BCUT2D eigenvalue weighted by atomic mass is 16.7. The fourth-order valence-electron chi connectivity index (χ4n) is 4.75. The van der Waals surface area contributed by atoms with E-state index in [1.807, 2.05) is 0 Å². The molecule has 1 aliphatic heterocycles. The summed E-state index contributed by atoms with van der Waals surface area (Å²) in [5.74, 6) is -3.59. The number of hydrogen-bond acceptors (Lipinski definition) is 14. The van der Waals surface area contributed by atoms with E-state index in [2.05, 4.69) is 10.2 Å². The monoisotopic (exact) mass is 612 g/mol. The van der Waals surface area contributed by atoms with E-state index in [0.717, 1.165) is 27.7 Å². The highest BCUT2D eigenvalue weighted by Gasteiger charge is 2.53. The van der Waals surface area contributed by atoms with Gasteiger partial charge in [0.2, 0.25) is 5.88 Å². The van der Waals surface area contributed by atoms with Gasteiger partial charge in [0.15, 0.2) is 30.2 Å². The summed E-state index contributed by atoms with van der Waals surface area (Å²) in [6.45, 7) is 4.00. The molecule has 0 saturated carbocycles. The number of rotatable bonds is 9. The normalized spacial score (nSPS) is 21.5. The first-order valence-electron chi connectivity index (χ1n) is 13.2. The lowest BCUT2D eigenvalue weighted by molar-refractivity contribution is -0.384. The smallest absolute Gasteiger partial charge is 0.303 e. The molecule has 0 radical (unpaired) electrons. The number of non-ortho nitro benzene ring substituents is 1. The molecule has 2 heterocycles. The summed E-state index contributed by atoms with van der Waals surface area (Å²) in [6.07, 6.45) is -7.04. The van der Waals surface area contributed by atoms with Gasteiger partial charge in [0.25, 0.3) is 5.69 Å². The lowest BCUT2D eigenvalue weighted by atomic mass is 9.97. The summed E-state index contributed by atoms with van der Waals surface area (Å²) < 4.78 is 29.0. The number of carbonyl (C=O) groups is 4. The Morgan fingerprint density at radius 3 is 2.05 bits per heavy atom. The SMILES string of the molecule is CC(=O)OC[C@@H]1O[C@@H](n2c(O)c(N=Nc3ccc([N+](=O)[O-])cc3)c3ccccc32)[C@@H](OC(C)=O)[C@@H](OC(C)=O)[C@@H]1OC(C)=O. The zero-order valence-electron chi connectivity index (χ0n) is 23.9. The zero-order valence-corrected chi connectivity index (χ0v) is 23.9. The van der Waals surface area contributed by atoms with Crippen molar-refractivity contribution in [3.63, 3.8) is 0 Å². The molecule has 16 heteroatoms. The Kier molecular flexibility index (Phi) is 9.53. The number of nitrogens with zero attached hydrogens (tertiary/aromatic N) is 4. The topological polar surface area (TPSA) is 207 Å². The van der Waals surface area contributed by atoms with Crippen molar-refractivity contribution in [1.29, 1.82) is 0 Å². The van der Waals surface area contributed by atoms with Crippen LogP contribution >= 0.6 is 0 Å². The lowest BCUT2D eigenvalue weighted by Gasteiger charge is -2.44. The highest BCUT2D eigenvalue weighted by Crippen LogP contribution is 2.45. The molecule has 44 heavy (non-hydrogen) atoms. The van der Waals surface area contributed by atoms with Crippen LogP contribution in [0.4, 0.5) is 17.1 Å². The minimum absolute atomic E-state index is 0.0354. The van der Waals surface area contributed by atoms with Gasteiger partial charge in [-0.15, -0.1) is 5.11 Å². The van der Waals surface area contributed by atoms with Crippen LogP contribution < -0.4 is 0 Å². The van der Waals surface area contributed by atoms with Crippen LogP contribution in [-0.2, 0) is 42.9 Å². The van der Waals surface area contributed by atoms with E-state index in [4.69, 9.17) is 23.7 Å². The second-order valence-corrected chi connectivity index (χ2v) is 9.62. The number of aromatic hydroxyl groups is 1. The predicted octanol–water partition coefficient (Wildman–Crippen LogP) is 3.93. The lowest BCUT2D eigenvalue weighted by Crippen LogP contribution is -2.60. The van der Waals surface area contributed by atoms with Crippen molar-refractivity contribution in [2.75, 3.05) is 6.61 Å². The molecule has 0 amide bonds. The van der Waals surface area contributed by atoms with Crippen molar-refractivity contribution in [2.45, 2.75) is 58.3 Å². The Labute approximate surface area is 249 Å². The second-order valence-electron chi connectivity index (χ2n) is 9.62. The van der Waals surface area contributed by atoms with E-state index in [-0.39, 0.29) is 17.1 Å². The molecular weight excluding hydrogens is 584 g/mol. The van der Waals surface area contributed by atoms with Crippen LogP contribution in [-0.4, -0.2) is 69.5 Å². The van der Waals surface area contributed by atoms with Crippen LogP contribution in [0.1, 0.15) is 33.9 Å². The Balaban J connectivity index is 1.87. The van der Waals surface area contributed by atoms with Crippen molar-refractivity contribution >= 4 is 51.8 Å². The fourth-order valence-corrected chi connectivity index (χ4v) is 4.75. The van der Waals surface area contributed by atoms with E-state index >= 15 is 0 Å². The average Bonchev–Trinajstić information content (AvgIpc) is 3.23. The van der Waals surface area contributed by atoms with Crippen LogP contribution in [0.2, 0.25) is 0 Å². The molecule has 1 fully saturated rings. The van der Waals surface area contributed by atoms with Crippen molar-refractivity contribution in [3.8, 4) is 5.88 Å². The number of azo groups is 1. The average molecular weight is 613 g/mol.